The van der Waals surface area contributed by atoms with Gasteiger partial charge in [-0.15, -0.1) is 0 Å². The Morgan fingerprint density at radius 2 is 1.89 bits per heavy atom. The Labute approximate surface area is 136 Å². The summed E-state index contributed by atoms with van der Waals surface area (Å²) in [6, 6.07) is 16.4. The van der Waals surface area contributed by atoms with Gasteiger partial charge in [-0.25, -0.2) is 0 Å². The van der Waals surface area contributed by atoms with Crippen LogP contribution in [0.25, 0.3) is 5.57 Å². The van der Waals surface area contributed by atoms with Crippen molar-refractivity contribution in [2.75, 3.05) is 6.61 Å². The summed E-state index contributed by atoms with van der Waals surface area (Å²) in [4.78, 5) is 0. The van der Waals surface area contributed by atoms with E-state index < -0.39 is 0 Å². The van der Waals surface area contributed by atoms with Crippen LogP contribution in [-0.4, -0.2) is 6.61 Å². The van der Waals surface area contributed by atoms with Gasteiger partial charge in [0.25, 0.3) is 0 Å². The van der Waals surface area contributed by atoms with E-state index in [1.54, 1.807) is 0 Å². The average molecular weight is 429 g/mol. The summed E-state index contributed by atoms with van der Waals surface area (Å²) in [5.74, 6) is 0.901. The van der Waals surface area contributed by atoms with Gasteiger partial charge in [-0.05, 0) is 68.7 Å². The molecule has 0 unspecified atom stereocenters. The van der Waals surface area contributed by atoms with Crippen LogP contribution in [0.3, 0.4) is 0 Å². The monoisotopic (exact) mass is 428 g/mol. The van der Waals surface area contributed by atoms with E-state index in [9.17, 15) is 0 Å². The highest BCUT2D eigenvalue weighted by Crippen LogP contribution is 2.31. The molecule has 0 heterocycles. The zero-order chi connectivity index (χ0) is 13.7. The van der Waals surface area contributed by atoms with Crippen LogP contribution in [0.4, 0.5) is 0 Å². The molecule has 0 aliphatic heterocycles. The summed E-state index contributed by atoms with van der Waals surface area (Å²) in [7, 11) is 0. The van der Waals surface area contributed by atoms with E-state index in [4.69, 9.17) is 4.74 Å². The predicted molar refractivity (Wildman–Crippen MR) is 92.4 cm³/mol. The van der Waals surface area contributed by atoms with Crippen molar-refractivity contribution in [3.05, 3.63) is 68.2 Å². The fourth-order valence-corrected chi connectivity index (χ4v) is 3.26. The van der Waals surface area contributed by atoms with E-state index in [1.165, 1.54) is 11.1 Å². The lowest BCUT2D eigenvalue weighted by molar-refractivity contribution is 0.364. The number of hydrogen-bond donors (Lipinski definition) is 0. The average Bonchev–Trinajstić information content (AvgIpc) is 2.43. The molecule has 2 aromatic carbocycles. The van der Waals surface area contributed by atoms with Gasteiger partial charge in [-0.2, -0.15) is 0 Å². The first-order chi connectivity index (χ1) is 9.22. The van der Waals surface area contributed by atoms with Crippen LogP contribution >= 0.6 is 38.5 Å². The van der Waals surface area contributed by atoms with Gasteiger partial charge in [0.1, 0.15) is 12.4 Å². The fourth-order valence-electron chi connectivity index (χ4n) is 1.76. The Bertz CT molecular complexity index is 558. The number of para-hydroxylation sites is 1. The maximum Gasteiger partial charge on any atom is 0.147 e. The van der Waals surface area contributed by atoms with Crippen molar-refractivity contribution in [2.45, 2.75) is 6.92 Å². The second-order valence-corrected chi connectivity index (χ2v) is 6.04. The Balaban J connectivity index is 2.14. The molecule has 98 valence electrons. The Morgan fingerprint density at radius 1 is 1.16 bits per heavy atom. The van der Waals surface area contributed by atoms with Crippen LogP contribution in [0.15, 0.2) is 59.1 Å². The molecule has 0 aliphatic carbocycles. The Hall–Kier alpha value is -0.810. The van der Waals surface area contributed by atoms with E-state index in [1.807, 2.05) is 43.3 Å². The summed E-state index contributed by atoms with van der Waals surface area (Å²) in [5, 5.41) is 0. The molecule has 0 fully saturated rings. The second kappa shape index (κ2) is 7.10. The van der Waals surface area contributed by atoms with Gasteiger partial charge in [-0.1, -0.05) is 42.5 Å². The van der Waals surface area contributed by atoms with Gasteiger partial charge in [0.2, 0.25) is 0 Å². The molecule has 0 bridgehead atoms. The summed E-state index contributed by atoms with van der Waals surface area (Å²) in [6.45, 7) is 2.61. The number of benzene rings is 2. The molecule has 0 radical (unpaired) electrons. The maximum atomic E-state index is 5.95. The number of hydrogen-bond acceptors (Lipinski definition) is 1. The Kier molecular flexibility index (Phi) is 5.45. The van der Waals surface area contributed by atoms with Gasteiger partial charge in [0.05, 0.1) is 8.04 Å². The molecule has 0 N–H and O–H groups in total. The fraction of sp³-hybridized carbons (Fsp3) is 0.125. The summed E-state index contributed by atoms with van der Waals surface area (Å²) in [6.07, 6.45) is 2.10. The minimum atomic E-state index is 0.569. The normalized spacial score (nSPS) is 11.4. The molecular weight excluding hydrogens is 415 g/mol. The van der Waals surface area contributed by atoms with Crippen LogP contribution in [0.5, 0.6) is 5.75 Å². The van der Waals surface area contributed by atoms with E-state index in [-0.39, 0.29) is 0 Å². The van der Waals surface area contributed by atoms with Crippen molar-refractivity contribution < 1.29 is 4.74 Å². The second-order valence-electron chi connectivity index (χ2n) is 4.02. The Morgan fingerprint density at radius 3 is 2.53 bits per heavy atom. The quantitative estimate of drug-likeness (QED) is 0.581. The molecule has 1 nitrogen and oxygen atoms in total. The SMILES string of the molecule is C/C=C(\COc1c(Br)cccc1I)c1ccccc1. The minimum absolute atomic E-state index is 0.569. The van der Waals surface area contributed by atoms with Crippen molar-refractivity contribution in [1.82, 2.24) is 0 Å². The molecule has 3 heteroatoms. The third-order valence-corrected chi connectivity index (χ3v) is 4.26. The number of halogens is 2. The van der Waals surface area contributed by atoms with Crippen LogP contribution in [0.1, 0.15) is 12.5 Å². The zero-order valence-corrected chi connectivity index (χ0v) is 14.3. The lowest BCUT2D eigenvalue weighted by Crippen LogP contribution is -2.02. The lowest BCUT2D eigenvalue weighted by Gasteiger charge is -2.12. The molecular formula is C16H14BrIO. The first-order valence-corrected chi connectivity index (χ1v) is 7.87. The number of ether oxygens (including phenoxy) is 1. The molecule has 19 heavy (non-hydrogen) atoms. The van der Waals surface area contributed by atoms with Gasteiger partial charge < -0.3 is 4.74 Å². The van der Waals surface area contributed by atoms with Crippen LogP contribution in [0, 0.1) is 3.57 Å². The van der Waals surface area contributed by atoms with Crippen molar-refractivity contribution in [3.63, 3.8) is 0 Å². The van der Waals surface area contributed by atoms with E-state index >= 15 is 0 Å². The molecule has 0 aliphatic rings. The molecule has 0 saturated carbocycles. The third-order valence-electron chi connectivity index (χ3n) is 2.78. The lowest BCUT2D eigenvalue weighted by atomic mass is 10.1. The van der Waals surface area contributed by atoms with Gasteiger partial charge in [-0.3, -0.25) is 0 Å². The van der Waals surface area contributed by atoms with Gasteiger partial charge in [0, 0.05) is 0 Å². The summed E-state index contributed by atoms with van der Waals surface area (Å²) < 4.78 is 8.05. The molecule has 0 aromatic heterocycles. The van der Waals surface area contributed by atoms with Crippen molar-refractivity contribution in [1.29, 1.82) is 0 Å². The van der Waals surface area contributed by atoms with Crippen molar-refractivity contribution in [3.8, 4) is 5.75 Å². The highest BCUT2D eigenvalue weighted by molar-refractivity contribution is 14.1. The first-order valence-electron chi connectivity index (χ1n) is 6.00. The van der Waals surface area contributed by atoms with Crippen molar-refractivity contribution in [2.24, 2.45) is 0 Å². The maximum absolute atomic E-state index is 5.95. The van der Waals surface area contributed by atoms with Gasteiger partial charge >= 0.3 is 0 Å². The molecule has 2 aromatic rings. The molecule has 0 spiro atoms. The molecule has 0 atom stereocenters. The van der Waals surface area contributed by atoms with Crippen molar-refractivity contribution >= 4 is 44.1 Å². The smallest absolute Gasteiger partial charge is 0.147 e. The van der Waals surface area contributed by atoms with Gasteiger partial charge in [0.15, 0.2) is 0 Å². The first kappa shape index (κ1) is 14.6. The standard InChI is InChI=1S/C16H14BrIO/c1-2-12(13-7-4-3-5-8-13)11-19-16-14(17)9-6-10-15(16)18/h2-10H,11H2,1H3/b12-2+. The molecule has 0 saturated heterocycles. The number of rotatable bonds is 4. The largest absolute Gasteiger partial charge is 0.487 e. The minimum Gasteiger partial charge on any atom is -0.487 e. The van der Waals surface area contributed by atoms with E-state index in [0.717, 1.165) is 13.8 Å². The van der Waals surface area contributed by atoms with Crippen LogP contribution < -0.4 is 4.74 Å². The zero-order valence-electron chi connectivity index (χ0n) is 10.6. The topological polar surface area (TPSA) is 9.23 Å². The van der Waals surface area contributed by atoms with E-state index in [2.05, 4.69) is 56.7 Å². The summed E-state index contributed by atoms with van der Waals surface area (Å²) in [5.41, 5.74) is 2.39. The predicted octanol–water partition coefficient (Wildman–Crippen LogP) is 5.54. The van der Waals surface area contributed by atoms with Crippen LogP contribution in [-0.2, 0) is 0 Å². The summed E-state index contributed by atoms with van der Waals surface area (Å²) >= 11 is 5.81. The highest BCUT2D eigenvalue weighted by Gasteiger charge is 2.07. The third kappa shape index (κ3) is 3.83. The number of allylic oxidation sites excluding steroid dienone is 1. The van der Waals surface area contributed by atoms with E-state index in [0.29, 0.717) is 6.61 Å². The highest BCUT2D eigenvalue weighted by atomic mass is 127. The molecule has 2 rings (SSSR count). The van der Waals surface area contributed by atoms with Crippen LogP contribution in [0.2, 0.25) is 0 Å². The molecule has 0 amide bonds.